The summed E-state index contributed by atoms with van der Waals surface area (Å²) in [7, 11) is 0. The summed E-state index contributed by atoms with van der Waals surface area (Å²) in [4.78, 5) is 13.4. The molecular formula is C16H15Cl2NOS. The largest absolute Gasteiger partial charge is 0.349 e. The van der Waals surface area contributed by atoms with Gasteiger partial charge in [-0.2, -0.15) is 0 Å². The van der Waals surface area contributed by atoms with Crippen LogP contribution in [0.2, 0.25) is 9.36 Å². The molecule has 3 unspecified atom stereocenters. The normalized spacial score (nSPS) is 21.9. The molecule has 0 spiro atoms. The Morgan fingerprint density at radius 2 is 2.05 bits per heavy atom. The van der Waals surface area contributed by atoms with Crippen molar-refractivity contribution in [2.75, 3.05) is 0 Å². The van der Waals surface area contributed by atoms with E-state index >= 15 is 0 Å². The predicted molar refractivity (Wildman–Crippen MR) is 88.2 cm³/mol. The van der Waals surface area contributed by atoms with Crippen LogP contribution in [0.4, 0.5) is 0 Å². The van der Waals surface area contributed by atoms with E-state index in [0.717, 1.165) is 26.2 Å². The highest BCUT2D eigenvalue weighted by Gasteiger charge is 2.45. The van der Waals surface area contributed by atoms with Crippen LogP contribution in [0.5, 0.6) is 0 Å². The molecule has 21 heavy (non-hydrogen) atoms. The van der Waals surface area contributed by atoms with Gasteiger partial charge in [-0.15, -0.1) is 11.3 Å². The molecule has 1 aliphatic rings. The van der Waals surface area contributed by atoms with Crippen LogP contribution in [0, 0.1) is 5.92 Å². The summed E-state index contributed by atoms with van der Waals surface area (Å²) >= 11 is 13.6. The maximum atomic E-state index is 12.3. The Hall–Kier alpha value is -1.03. The van der Waals surface area contributed by atoms with Gasteiger partial charge in [0, 0.05) is 15.8 Å². The zero-order chi connectivity index (χ0) is 15.0. The number of hydrogen-bond donors (Lipinski definition) is 1. The molecule has 3 rings (SSSR count). The van der Waals surface area contributed by atoms with Crippen LogP contribution in [0.3, 0.4) is 0 Å². The van der Waals surface area contributed by atoms with Crippen molar-refractivity contribution in [3.8, 4) is 0 Å². The number of carbonyl (C=O) groups excluding carboxylic acids is 1. The molecule has 0 saturated heterocycles. The molecule has 1 saturated carbocycles. The van der Waals surface area contributed by atoms with E-state index in [9.17, 15) is 4.79 Å². The van der Waals surface area contributed by atoms with Crippen molar-refractivity contribution in [2.24, 2.45) is 5.92 Å². The minimum absolute atomic E-state index is 0.0116. The molecular weight excluding hydrogens is 325 g/mol. The number of amides is 1. The highest BCUT2D eigenvalue weighted by Crippen LogP contribution is 2.49. The first kappa shape index (κ1) is 14.9. The van der Waals surface area contributed by atoms with E-state index in [-0.39, 0.29) is 23.8 Å². The second-order valence-corrected chi connectivity index (χ2v) is 7.50. The third-order valence-corrected chi connectivity index (χ3v) is 5.57. The molecule has 0 aliphatic heterocycles. The van der Waals surface area contributed by atoms with Gasteiger partial charge in [-0.05, 0) is 43.0 Å². The van der Waals surface area contributed by atoms with Gasteiger partial charge in [0.15, 0.2) is 0 Å². The monoisotopic (exact) mass is 339 g/mol. The molecule has 110 valence electrons. The lowest BCUT2D eigenvalue weighted by molar-refractivity contribution is -0.123. The Morgan fingerprint density at radius 3 is 2.71 bits per heavy atom. The smallest absolute Gasteiger partial charge is 0.224 e. The molecule has 0 radical (unpaired) electrons. The number of thiophene rings is 1. The molecule has 1 aliphatic carbocycles. The van der Waals surface area contributed by atoms with Gasteiger partial charge in [-0.1, -0.05) is 41.4 Å². The van der Waals surface area contributed by atoms with Gasteiger partial charge in [0.25, 0.3) is 0 Å². The highest BCUT2D eigenvalue weighted by molar-refractivity contribution is 7.16. The fourth-order valence-corrected chi connectivity index (χ4v) is 3.90. The number of carbonyl (C=O) groups is 1. The quantitative estimate of drug-likeness (QED) is 0.830. The molecule has 1 heterocycles. The Balaban J connectivity index is 1.62. The average molecular weight is 340 g/mol. The van der Waals surface area contributed by atoms with Gasteiger partial charge in [-0.25, -0.2) is 0 Å². The average Bonchev–Trinajstić information content (AvgIpc) is 3.13. The Kier molecular flexibility index (Phi) is 4.25. The van der Waals surface area contributed by atoms with E-state index < -0.39 is 0 Å². The van der Waals surface area contributed by atoms with Crippen molar-refractivity contribution in [2.45, 2.75) is 25.3 Å². The maximum absolute atomic E-state index is 12.3. The molecule has 5 heteroatoms. The number of rotatable bonds is 4. The summed E-state index contributed by atoms with van der Waals surface area (Å²) in [6, 6.07) is 11.5. The number of hydrogen-bond acceptors (Lipinski definition) is 2. The highest BCUT2D eigenvalue weighted by atomic mass is 35.5. The van der Waals surface area contributed by atoms with Crippen LogP contribution in [-0.2, 0) is 4.79 Å². The molecule has 1 aromatic carbocycles. The van der Waals surface area contributed by atoms with Crippen molar-refractivity contribution >= 4 is 40.4 Å². The lowest BCUT2D eigenvalue weighted by atomic mass is 10.1. The van der Waals surface area contributed by atoms with E-state index in [2.05, 4.69) is 5.32 Å². The van der Waals surface area contributed by atoms with Gasteiger partial charge in [0.2, 0.25) is 5.91 Å². The van der Waals surface area contributed by atoms with Crippen molar-refractivity contribution in [3.05, 3.63) is 56.2 Å². The topological polar surface area (TPSA) is 29.1 Å². The lowest BCUT2D eigenvalue weighted by Crippen LogP contribution is -2.27. The third kappa shape index (κ3) is 3.25. The molecule has 2 aromatic rings. The Bertz CT molecular complexity index is 670. The number of nitrogens with one attached hydrogen (secondary N) is 1. The maximum Gasteiger partial charge on any atom is 0.224 e. The Labute approximate surface area is 138 Å². The second kappa shape index (κ2) is 5.99. The van der Waals surface area contributed by atoms with Crippen LogP contribution in [-0.4, -0.2) is 5.91 Å². The summed E-state index contributed by atoms with van der Waals surface area (Å²) in [5.41, 5.74) is 1.08. The molecule has 2 nitrogen and oxygen atoms in total. The summed E-state index contributed by atoms with van der Waals surface area (Å²) in [6.45, 7) is 1.98. The van der Waals surface area contributed by atoms with Gasteiger partial charge >= 0.3 is 0 Å². The first-order valence-corrected chi connectivity index (χ1v) is 8.43. The first-order valence-electron chi connectivity index (χ1n) is 6.86. The standard InChI is InChI=1S/C16H15Cl2NOS/c1-9(14-6-7-15(18)21-14)19-16(20)12-8-11(12)10-4-2-3-5-13(10)17/h2-7,9,11-12H,8H2,1H3,(H,19,20). The van der Waals surface area contributed by atoms with Crippen molar-refractivity contribution in [1.29, 1.82) is 0 Å². The van der Waals surface area contributed by atoms with E-state index in [4.69, 9.17) is 23.2 Å². The van der Waals surface area contributed by atoms with Gasteiger partial charge in [0.1, 0.15) is 0 Å². The van der Waals surface area contributed by atoms with E-state index in [1.165, 1.54) is 11.3 Å². The van der Waals surface area contributed by atoms with Crippen LogP contribution in [0.1, 0.15) is 35.7 Å². The lowest BCUT2D eigenvalue weighted by Gasteiger charge is -2.12. The predicted octanol–water partition coefficient (Wildman–Crippen LogP) is 5.04. The van der Waals surface area contributed by atoms with Crippen LogP contribution in [0.15, 0.2) is 36.4 Å². The molecule has 1 amide bonds. The van der Waals surface area contributed by atoms with Gasteiger partial charge in [0.05, 0.1) is 10.4 Å². The Morgan fingerprint density at radius 1 is 1.29 bits per heavy atom. The van der Waals surface area contributed by atoms with E-state index in [0.29, 0.717) is 0 Å². The van der Waals surface area contributed by atoms with E-state index in [1.54, 1.807) is 0 Å². The van der Waals surface area contributed by atoms with E-state index in [1.807, 2.05) is 43.3 Å². The molecule has 1 N–H and O–H groups in total. The minimum atomic E-state index is -0.0116. The fraction of sp³-hybridized carbons (Fsp3) is 0.312. The van der Waals surface area contributed by atoms with Crippen molar-refractivity contribution in [1.82, 2.24) is 5.32 Å². The summed E-state index contributed by atoms with van der Waals surface area (Å²) < 4.78 is 0.742. The molecule has 1 aromatic heterocycles. The molecule has 1 fully saturated rings. The van der Waals surface area contributed by atoms with Crippen LogP contribution in [0.25, 0.3) is 0 Å². The summed E-state index contributed by atoms with van der Waals surface area (Å²) in [5, 5.41) is 3.81. The van der Waals surface area contributed by atoms with Crippen LogP contribution >= 0.6 is 34.5 Å². The van der Waals surface area contributed by atoms with Crippen molar-refractivity contribution < 1.29 is 4.79 Å². The molecule has 3 atom stereocenters. The zero-order valence-electron chi connectivity index (χ0n) is 11.5. The second-order valence-electron chi connectivity index (χ2n) is 5.34. The third-order valence-electron chi connectivity index (χ3n) is 3.81. The van der Waals surface area contributed by atoms with Gasteiger partial charge < -0.3 is 5.32 Å². The first-order chi connectivity index (χ1) is 10.1. The number of benzene rings is 1. The van der Waals surface area contributed by atoms with Crippen LogP contribution < -0.4 is 5.32 Å². The summed E-state index contributed by atoms with van der Waals surface area (Å²) in [6.07, 6.45) is 0.869. The zero-order valence-corrected chi connectivity index (χ0v) is 13.8. The summed E-state index contributed by atoms with van der Waals surface area (Å²) in [5.74, 6) is 0.373. The van der Waals surface area contributed by atoms with Crippen molar-refractivity contribution in [3.63, 3.8) is 0 Å². The SMILES string of the molecule is CC(NC(=O)C1CC1c1ccccc1Cl)c1ccc(Cl)s1. The molecule has 0 bridgehead atoms. The minimum Gasteiger partial charge on any atom is -0.349 e. The number of halogens is 2. The fourth-order valence-electron chi connectivity index (χ4n) is 2.56. The van der Waals surface area contributed by atoms with Gasteiger partial charge in [-0.3, -0.25) is 4.79 Å².